The molecule has 1 aromatic heterocycles. The summed E-state index contributed by atoms with van der Waals surface area (Å²) in [6.45, 7) is 0. The van der Waals surface area contributed by atoms with E-state index in [0.717, 1.165) is 30.9 Å². The molecule has 0 saturated heterocycles. The fourth-order valence-electron chi connectivity index (χ4n) is 1.76. The molecule has 3 heteroatoms. The quantitative estimate of drug-likeness (QED) is 0.559. The zero-order valence-corrected chi connectivity index (χ0v) is 10.8. The van der Waals surface area contributed by atoms with Crippen LogP contribution in [-0.4, -0.2) is 0 Å². The first-order chi connectivity index (χ1) is 7.25. The number of halogens is 2. The van der Waals surface area contributed by atoms with E-state index in [1.54, 1.807) is 0 Å². The van der Waals surface area contributed by atoms with Gasteiger partial charge in [-0.2, -0.15) is 0 Å². The van der Waals surface area contributed by atoms with Crippen molar-refractivity contribution in [2.45, 2.75) is 0 Å². The number of furan rings is 1. The Bertz CT molecular complexity index is 655. The smallest absolute Gasteiger partial charge is 0.136 e. The molecule has 0 N–H and O–H groups in total. The van der Waals surface area contributed by atoms with Crippen molar-refractivity contribution in [2.24, 2.45) is 0 Å². The van der Waals surface area contributed by atoms with Crippen molar-refractivity contribution >= 4 is 53.8 Å². The molecule has 15 heavy (non-hydrogen) atoms. The summed E-state index contributed by atoms with van der Waals surface area (Å²) in [5.41, 5.74) is 1.82. The molecule has 0 fully saturated rings. The molecular formula is C12H6Br2O. The number of hydrogen-bond acceptors (Lipinski definition) is 1. The van der Waals surface area contributed by atoms with Crippen LogP contribution < -0.4 is 0 Å². The highest BCUT2D eigenvalue weighted by atomic mass is 79.9. The van der Waals surface area contributed by atoms with Gasteiger partial charge in [0.05, 0.1) is 0 Å². The minimum atomic E-state index is 0.909. The van der Waals surface area contributed by atoms with E-state index in [9.17, 15) is 0 Å². The van der Waals surface area contributed by atoms with Crippen molar-refractivity contribution in [3.8, 4) is 0 Å². The zero-order valence-electron chi connectivity index (χ0n) is 7.63. The highest BCUT2D eigenvalue weighted by molar-refractivity contribution is 9.11. The average molecular weight is 326 g/mol. The van der Waals surface area contributed by atoms with Crippen LogP contribution in [0, 0.1) is 0 Å². The van der Waals surface area contributed by atoms with Crippen LogP contribution in [0.3, 0.4) is 0 Å². The molecule has 0 aliphatic heterocycles. The van der Waals surface area contributed by atoms with E-state index >= 15 is 0 Å². The van der Waals surface area contributed by atoms with Crippen molar-refractivity contribution in [3.05, 3.63) is 45.3 Å². The van der Waals surface area contributed by atoms with E-state index in [1.165, 1.54) is 0 Å². The molecule has 0 atom stereocenters. The molecule has 0 saturated carbocycles. The molecule has 0 bridgehead atoms. The standard InChI is InChI=1S/C12H6Br2O/c13-7-4-5-8-11(6-7)15-10-3-1-2-9(14)12(8)10/h1-6H. The number of hydrogen-bond donors (Lipinski definition) is 0. The SMILES string of the molecule is Brc1ccc2c(c1)oc1cccc(Br)c12. The first-order valence-corrected chi connectivity index (χ1v) is 6.10. The van der Waals surface area contributed by atoms with Gasteiger partial charge in [0.1, 0.15) is 11.2 Å². The molecular weight excluding hydrogens is 320 g/mol. The third-order valence-corrected chi connectivity index (χ3v) is 3.56. The second-order valence-electron chi connectivity index (χ2n) is 3.36. The molecule has 0 amide bonds. The molecule has 0 aliphatic carbocycles. The fourth-order valence-corrected chi connectivity index (χ4v) is 2.66. The van der Waals surface area contributed by atoms with Gasteiger partial charge in [0.25, 0.3) is 0 Å². The molecule has 0 radical (unpaired) electrons. The lowest BCUT2D eigenvalue weighted by atomic mass is 10.2. The molecule has 1 nitrogen and oxygen atoms in total. The van der Waals surface area contributed by atoms with Gasteiger partial charge < -0.3 is 4.42 Å². The Morgan fingerprint density at radius 3 is 2.67 bits per heavy atom. The Hall–Kier alpha value is -0.800. The van der Waals surface area contributed by atoms with E-state index in [-0.39, 0.29) is 0 Å². The van der Waals surface area contributed by atoms with Crippen molar-refractivity contribution in [2.75, 3.05) is 0 Å². The van der Waals surface area contributed by atoms with Crippen molar-refractivity contribution in [3.63, 3.8) is 0 Å². The van der Waals surface area contributed by atoms with Crippen molar-refractivity contribution < 1.29 is 4.42 Å². The monoisotopic (exact) mass is 324 g/mol. The van der Waals surface area contributed by atoms with Crippen LogP contribution in [0.15, 0.2) is 49.8 Å². The van der Waals surface area contributed by atoms with E-state index in [2.05, 4.69) is 37.9 Å². The van der Waals surface area contributed by atoms with Gasteiger partial charge in [-0.1, -0.05) is 37.9 Å². The van der Waals surface area contributed by atoms with Crippen LogP contribution in [-0.2, 0) is 0 Å². The predicted molar refractivity (Wildman–Crippen MR) is 69.1 cm³/mol. The molecule has 0 unspecified atom stereocenters. The van der Waals surface area contributed by atoms with E-state index in [0.29, 0.717) is 0 Å². The zero-order chi connectivity index (χ0) is 10.4. The van der Waals surface area contributed by atoms with Gasteiger partial charge in [-0.3, -0.25) is 0 Å². The average Bonchev–Trinajstić information content (AvgIpc) is 2.56. The minimum absolute atomic E-state index is 0.909. The molecule has 0 spiro atoms. The topological polar surface area (TPSA) is 13.1 Å². The maximum atomic E-state index is 5.75. The normalized spacial score (nSPS) is 11.3. The van der Waals surface area contributed by atoms with Gasteiger partial charge in [0, 0.05) is 19.7 Å². The second kappa shape index (κ2) is 3.35. The lowest BCUT2D eigenvalue weighted by Crippen LogP contribution is -1.68. The Labute approximate surface area is 103 Å². The number of benzene rings is 2. The Morgan fingerprint density at radius 2 is 1.80 bits per heavy atom. The highest BCUT2D eigenvalue weighted by Crippen LogP contribution is 2.34. The third-order valence-electron chi connectivity index (χ3n) is 2.41. The first-order valence-electron chi connectivity index (χ1n) is 4.52. The van der Waals surface area contributed by atoms with Crippen molar-refractivity contribution in [1.29, 1.82) is 0 Å². The first kappa shape index (κ1) is 9.43. The number of rotatable bonds is 0. The molecule has 1 heterocycles. The van der Waals surface area contributed by atoms with Crippen LogP contribution in [0.1, 0.15) is 0 Å². The van der Waals surface area contributed by atoms with Crippen molar-refractivity contribution in [1.82, 2.24) is 0 Å². The summed E-state index contributed by atoms with van der Waals surface area (Å²) in [5, 5.41) is 2.28. The maximum Gasteiger partial charge on any atom is 0.136 e. The lowest BCUT2D eigenvalue weighted by molar-refractivity contribution is 0.668. The van der Waals surface area contributed by atoms with Gasteiger partial charge in [-0.15, -0.1) is 0 Å². The van der Waals surface area contributed by atoms with Gasteiger partial charge in [0.2, 0.25) is 0 Å². The van der Waals surface area contributed by atoms with E-state index < -0.39 is 0 Å². The summed E-state index contributed by atoms with van der Waals surface area (Å²) >= 11 is 6.98. The minimum Gasteiger partial charge on any atom is -0.456 e. The van der Waals surface area contributed by atoms with Crippen LogP contribution in [0.4, 0.5) is 0 Å². The molecule has 3 rings (SSSR count). The summed E-state index contributed by atoms with van der Waals surface area (Å²) in [7, 11) is 0. The summed E-state index contributed by atoms with van der Waals surface area (Å²) in [6, 6.07) is 12.1. The fraction of sp³-hybridized carbons (Fsp3) is 0. The van der Waals surface area contributed by atoms with E-state index in [1.807, 2.05) is 30.3 Å². The van der Waals surface area contributed by atoms with E-state index in [4.69, 9.17) is 4.42 Å². The van der Waals surface area contributed by atoms with Crippen LogP contribution >= 0.6 is 31.9 Å². The highest BCUT2D eigenvalue weighted by Gasteiger charge is 2.09. The summed E-state index contributed by atoms with van der Waals surface area (Å²) in [5.74, 6) is 0. The third kappa shape index (κ3) is 1.42. The Morgan fingerprint density at radius 1 is 0.933 bits per heavy atom. The van der Waals surface area contributed by atoms with Gasteiger partial charge >= 0.3 is 0 Å². The van der Waals surface area contributed by atoms with Gasteiger partial charge in [-0.25, -0.2) is 0 Å². The molecule has 3 aromatic rings. The summed E-state index contributed by atoms with van der Waals surface area (Å²) < 4.78 is 7.86. The second-order valence-corrected chi connectivity index (χ2v) is 5.13. The van der Waals surface area contributed by atoms with Gasteiger partial charge in [0.15, 0.2) is 0 Å². The Kier molecular flexibility index (Phi) is 2.11. The Balaban J connectivity index is 2.59. The molecule has 0 aliphatic rings. The maximum absolute atomic E-state index is 5.75. The predicted octanol–water partition coefficient (Wildman–Crippen LogP) is 5.11. The van der Waals surface area contributed by atoms with Crippen LogP contribution in [0.5, 0.6) is 0 Å². The number of fused-ring (bicyclic) bond motifs is 3. The van der Waals surface area contributed by atoms with Crippen LogP contribution in [0.25, 0.3) is 21.9 Å². The summed E-state index contributed by atoms with van der Waals surface area (Å²) in [4.78, 5) is 0. The van der Waals surface area contributed by atoms with Crippen LogP contribution in [0.2, 0.25) is 0 Å². The largest absolute Gasteiger partial charge is 0.456 e. The van der Waals surface area contributed by atoms with Gasteiger partial charge in [-0.05, 0) is 30.3 Å². The lowest BCUT2D eigenvalue weighted by Gasteiger charge is -1.92. The summed E-state index contributed by atoms with van der Waals surface area (Å²) in [6.07, 6.45) is 0. The molecule has 2 aromatic carbocycles. The molecule has 74 valence electrons.